The molecule has 3 nitrogen and oxygen atoms in total. The quantitative estimate of drug-likeness (QED) is 0.659. The maximum absolute atomic E-state index is 9.16. The summed E-state index contributed by atoms with van der Waals surface area (Å²) in [6.07, 6.45) is 5.14. The Morgan fingerprint density at radius 2 is 2.45 bits per heavy atom. The van der Waals surface area contributed by atoms with Gasteiger partial charge in [0, 0.05) is 17.3 Å². The van der Waals surface area contributed by atoms with Crippen LogP contribution < -0.4 is 0 Å². The molecule has 0 aliphatic heterocycles. The van der Waals surface area contributed by atoms with Crippen molar-refractivity contribution in [2.45, 2.75) is 24.7 Å². The molecule has 1 heterocycles. The normalized spacial score (nSPS) is 21.2. The molecule has 0 atom stereocenters. The van der Waals surface area contributed by atoms with E-state index in [0.29, 0.717) is 0 Å². The second-order valence-electron chi connectivity index (χ2n) is 3.26. The van der Waals surface area contributed by atoms with Gasteiger partial charge in [0.15, 0.2) is 0 Å². The molecule has 0 radical (unpaired) electrons. The van der Waals surface area contributed by atoms with Crippen molar-refractivity contribution >= 4 is 0 Å². The van der Waals surface area contributed by atoms with Gasteiger partial charge < -0.3 is 5.11 Å². The zero-order valence-electron chi connectivity index (χ0n) is 6.38. The molecule has 2 rings (SSSR count). The third-order valence-corrected chi connectivity index (χ3v) is 2.69. The summed E-state index contributed by atoms with van der Waals surface area (Å²) in [6, 6.07) is 1.95. The SMILES string of the molecule is OCC1(c2ccn[nH]2)CCC1. The zero-order valence-corrected chi connectivity index (χ0v) is 6.38. The summed E-state index contributed by atoms with van der Waals surface area (Å²) < 4.78 is 0. The molecule has 1 fully saturated rings. The molecule has 1 saturated carbocycles. The van der Waals surface area contributed by atoms with Crippen molar-refractivity contribution in [3.8, 4) is 0 Å². The van der Waals surface area contributed by atoms with Crippen LogP contribution in [0.4, 0.5) is 0 Å². The number of hydrogen-bond acceptors (Lipinski definition) is 2. The number of hydrogen-bond donors (Lipinski definition) is 2. The molecule has 1 aromatic heterocycles. The molecule has 1 aliphatic carbocycles. The van der Waals surface area contributed by atoms with Crippen LogP contribution in [0, 0.1) is 0 Å². The smallest absolute Gasteiger partial charge is 0.0542 e. The first-order chi connectivity index (χ1) is 5.37. The van der Waals surface area contributed by atoms with Gasteiger partial charge in [-0.1, -0.05) is 6.42 Å². The van der Waals surface area contributed by atoms with Crippen molar-refractivity contribution < 1.29 is 5.11 Å². The van der Waals surface area contributed by atoms with E-state index in [1.807, 2.05) is 6.07 Å². The Bertz CT molecular complexity index is 221. The molecule has 2 N–H and O–H groups in total. The molecule has 3 heteroatoms. The summed E-state index contributed by atoms with van der Waals surface area (Å²) in [5.74, 6) is 0. The Kier molecular flexibility index (Phi) is 1.46. The molecular formula is C8H12N2O. The van der Waals surface area contributed by atoms with E-state index < -0.39 is 0 Å². The molecular weight excluding hydrogens is 140 g/mol. The van der Waals surface area contributed by atoms with E-state index in [0.717, 1.165) is 18.5 Å². The second-order valence-corrected chi connectivity index (χ2v) is 3.26. The highest BCUT2D eigenvalue weighted by Gasteiger charge is 2.39. The van der Waals surface area contributed by atoms with E-state index in [2.05, 4.69) is 10.2 Å². The Labute approximate surface area is 65.4 Å². The maximum Gasteiger partial charge on any atom is 0.0542 e. The number of aromatic nitrogens is 2. The summed E-state index contributed by atoms with van der Waals surface area (Å²) in [4.78, 5) is 0. The number of nitrogens with zero attached hydrogens (tertiary/aromatic N) is 1. The predicted octanol–water partition coefficient (Wildman–Crippen LogP) is 0.824. The molecule has 0 spiro atoms. The number of aliphatic hydroxyl groups is 1. The van der Waals surface area contributed by atoms with E-state index in [1.54, 1.807) is 6.20 Å². The molecule has 11 heavy (non-hydrogen) atoms. The zero-order chi connectivity index (χ0) is 7.73. The van der Waals surface area contributed by atoms with Gasteiger partial charge in [0.2, 0.25) is 0 Å². The van der Waals surface area contributed by atoms with E-state index in [9.17, 15) is 0 Å². The molecule has 0 aromatic carbocycles. The molecule has 0 amide bonds. The van der Waals surface area contributed by atoms with Gasteiger partial charge in [0.05, 0.1) is 6.61 Å². The van der Waals surface area contributed by atoms with Crippen LogP contribution in [0.25, 0.3) is 0 Å². The van der Waals surface area contributed by atoms with Crippen LogP contribution in [0.2, 0.25) is 0 Å². The Morgan fingerprint density at radius 3 is 2.82 bits per heavy atom. The fourth-order valence-corrected chi connectivity index (χ4v) is 1.67. The first-order valence-corrected chi connectivity index (χ1v) is 3.98. The van der Waals surface area contributed by atoms with E-state index in [4.69, 9.17) is 5.11 Å². The third-order valence-electron chi connectivity index (χ3n) is 2.69. The highest BCUT2D eigenvalue weighted by atomic mass is 16.3. The average molecular weight is 152 g/mol. The second kappa shape index (κ2) is 2.34. The van der Waals surface area contributed by atoms with Gasteiger partial charge in [-0.2, -0.15) is 5.10 Å². The van der Waals surface area contributed by atoms with Crippen molar-refractivity contribution in [2.24, 2.45) is 0 Å². The van der Waals surface area contributed by atoms with Crippen LogP contribution in [0.15, 0.2) is 12.3 Å². The summed E-state index contributed by atoms with van der Waals surface area (Å²) in [7, 11) is 0. The van der Waals surface area contributed by atoms with Gasteiger partial charge in [-0.3, -0.25) is 5.10 Å². The number of nitrogens with one attached hydrogen (secondary N) is 1. The Hall–Kier alpha value is -0.830. The van der Waals surface area contributed by atoms with Crippen molar-refractivity contribution in [1.29, 1.82) is 0 Å². The minimum atomic E-state index is 0.0243. The lowest BCUT2D eigenvalue weighted by atomic mass is 9.67. The van der Waals surface area contributed by atoms with Crippen molar-refractivity contribution in [2.75, 3.05) is 6.61 Å². The van der Waals surface area contributed by atoms with E-state index >= 15 is 0 Å². The lowest BCUT2D eigenvalue weighted by Gasteiger charge is -2.39. The van der Waals surface area contributed by atoms with E-state index in [-0.39, 0.29) is 12.0 Å². The summed E-state index contributed by atoms with van der Waals surface area (Å²) in [5, 5.41) is 16.0. The van der Waals surface area contributed by atoms with Crippen molar-refractivity contribution in [1.82, 2.24) is 10.2 Å². The van der Waals surface area contributed by atoms with Crippen LogP contribution in [-0.2, 0) is 5.41 Å². The summed E-state index contributed by atoms with van der Waals surface area (Å²) in [6.45, 7) is 0.245. The number of aromatic amines is 1. The number of H-pyrrole nitrogens is 1. The lowest BCUT2D eigenvalue weighted by Crippen LogP contribution is -2.38. The van der Waals surface area contributed by atoms with Gasteiger partial charge >= 0.3 is 0 Å². The first kappa shape index (κ1) is 6.85. The van der Waals surface area contributed by atoms with Gasteiger partial charge in [0.1, 0.15) is 0 Å². The first-order valence-electron chi connectivity index (χ1n) is 3.98. The van der Waals surface area contributed by atoms with Crippen LogP contribution >= 0.6 is 0 Å². The van der Waals surface area contributed by atoms with Gasteiger partial charge in [-0.05, 0) is 18.9 Å². The van der Waals surface area contributed by atoms with Crippen LogP contribution in [-0.4, -0.2) is 21.9 Å². The van der Waals surface area contributed by atoms with Crippen molar-refractivity contribution in [3.05, 3.63) is 18.0 Å². The van der Waals surface area contributed by atoms with Crippen molar-refractivity contribution in [3.63, 3.8) is 0 Å². The number of aliphatic hydroxyl groups excluding tert-OH is 1. The molecule has 0 unspecified atom stereocenters. The van der Waals surface area contributed by atoms with Crippen LogP contribution in [0.1, 0.15) is 25.0 Å². The minimum Gasteiger partial charge on any atom is -0.395 e. The Balaban J connectivity index is 2.25. The van der Waals surface area contributed by atoms with Crippen LogP contribution in [0.5, 0.6) is 0 Å². The summed E-state index contributed by atoms with van der Waals surface area (Å²) >= 11 is 0. The fourth-order valence-electron chi connectivity index (χ4n) is 1.67. The minimum absolute atomic E-state index is 0.0243. The van der Waals surface area contributed by atoms with Gasteiger partial charge in [-0.25, -0.2) is 0 Å². The maximum atomic E-state index is 9.16. The van der Waals surface area contributed by atoms with Gasteiger partial charge in [-0.15, -0.1) is 0 Å². The standard InChI is InChI=1S/C8H12N2O/c11-6-8(3-1-4-8)7-2-5-9-10-7/h2,5,11H,1,3-4,6H2,(H,9,10). The van der Waals surface area contributed by atoms with E-state index in [1.165, 1.54) is 6.42 Å². The fraction of sp³-hybridized carbons (Fsp3) is 0.625. The topological polar surface area (TPSA) is 48.9 Å². The largest absolute Gasteiger partial charge is 0.395 e. The highest BCUT2D eigenvalue weighted by Crippen LogP contribution is 2.41. The average Bonchev–Trinajstić information content (AvgIpc) is 2.39. The molecule has 1 aliphatic rings. The molecule has 0 bridgehead atoms. The number of rotatable bonds is 2. The Morgan fingerprint density at radius 1 is 1.64 bits per heavy atom. The molecule has 1 aromatic rings. The summed E-state index contributed by atoms with van der Waals surface area (Å²) in [5.41, 5.74) is 1.11. The third kappa shape index (κ3) is 0.878. The van der Waals surface area contributed by atoms with Gasteiger partial charge in [0.25, 0.3) is 0 Å². The lowest BCUT2D eigenvalue weighted by molar-refractivity contribution is 0.116. The molecule has 0 saturated heterocycles. The monoisotopic (exact) mass is 152 g/mol. The predicted molar refractivity (Wildman–Crippen MR) is 41.2 cm³/mol. The van der Waals surface area contributed by atoms with Crippen LogP contribution in [0.3, 0.4) is 0 Å². The molecule has 60 valence electrons. The highest BCUT2D eigenvalue weighted by molar-refractivity contribution is 5.18.